The fourth-order valence-corrected chi connectivity index (χ4v) is 3.78. The molecule has 0 atom stereocenters. The van der Waals surface area contributed by atoms with Gasteiger partial charge in [-0.25, -0.2) is 9.37 Å². The van der Waals surface area contributed by atoms with Gasteiger partial charge in [-0.15, -0.1) is 11.3 Å². The first-order valence-corrected chi connectivity index (χ1v) is 9.39. The molecule has 1 N–H and O–H groups in total. The molecule has 0 amide bonds. The molecular weight excluding hydrogens is 373 g/mol. The monoisotopic (exact) mass is 387 g/mol. The molecule has 2 aromatic carbocycles. The maximum atomic E-state index is 13.1. The van der Waals surface area contributed by atoms with E-state index in [0.29, 0.717) is 11.4 Å². The fourth-order valence-electron chi connectivity index (χ4n) is 2.95. The molecule has 4 aromatic rings. The molecule has 0 saturated heterocycles. The summed E-state index contributed by atoms with van der Waals surface area (Å²) in [4.78, 5) is 19.1. The Kier molecular flexibility index (Phi) is 4.60. The topological polar surface area (TPSA) is 69.5 Å². The number of aromatic nitrogens is 2. The Bertz CT molecular complexity index is 1250. The first-order valence-electron chi connectivity index (χ1n) is 8.51. The molecule has 0 saturated carbocycles. The van der Waals surface area contributed by atoms with Gasteiger partial charge in [0.25, 0.3) is 5.56 Å². The molecule has 0 fully saturated rings. The normalized spacial score (nSPS) is 10.6. The van der Waals surface area contributed by atoms with Crippen LogP contribution in [-0.4, -0.2) is 9.97 Å². The van der Waals surface area contributed by atoms with Crippen molar-refractivity contribution in [2.75, 3.05) is 0 Å². The highest BCUT2D eigenvalue weighted by Crippen LogP contribution is 2.31. The number of nitrogens with one attached hydrogen (secondary N) is 1. The van der Waals surface area contributed by atoms with Crippen molar-refractivity contribution >= 4 is 11.3 Å². The molecule has 4 nitrogen and oxygen atoms in total. The van der Waals surface area contributed by atoms with Crippen LogP contribution in [0.2, 0.25) is 0 Å². The summed E-state index contributed by atoms with van der Waals surface area (Å²) in [5.74, 6) is -0.257. The summed E-state index contributed by atoms with van der Waals surface area (Å²) in [6.45, 7) is 1.79. The van der Waals surface area contributed by atoms with Gasteiger partial charge in [0.15, 0.2) is 0 Å². The molecule has 2 heterocycles. The zero-order chi connectivity index (χ0) is 19.7. The lowest BCUT2D eigenvalue weighted by atomic mass is 10.0. The highest BCUT2D eigenvalue weighted by molar-refractivity contribution is 7.13. The number of nitriles is 1. The Labute approximate surface area is 164 Å². The van der Waals surface area contributed by atoms with Crippen LogP contribution < -0.4 is 5.56 Å². The summed E-state index contributed by atoms with van der Waals surface area (Å²) in [5, 5.41) is 11.8. The van der Waals surface area contributed by atoms with Gasteiger partial charge in [-0.1, -0.05) is 36.4 Å². The molecule has 28 heavy (non-hydrogen) atoms. The van der Waals surface area contributed by atoms with Crippen LogP contribution in [0.25, 0.3) is 33.0 Å². The lowest BCUT2D eigenvalue weighted by Crippen LogP contribution is -2.11. The summed E-state index contributed by atoms with van der Waals surface area (Å²) in [6, 6.07) is 17.8. The Morgan fingerprint density at radius 2 is 1.64 bits per heavy atom. The van der Waals surface area contributed by atoms with Crippen LogP contribution in [0.4, 0.5) is 4.39 Å². The molecule has 0 aliphatic carbocycles. The lowest BCUT2D eigenvalue weighted by molar-refractivity contribution is 0.628. The summed E-state index contributed by atoms with van der Waals surface area (Å²) < 4.78 is 13.1. The first-order chi connectivity index (χ1) is 13.5. The summed E-state index contributed by atoms with van der Waals surface area (Å²) in [5.41, 5.74) is 4.71. The van der Waals surface area contributed by atoms with Crippen molar-refractivity contribution in [3.05, 3.63) is 87.4 Å². The number of nitrogens with zero attached hydrogens (tertiary/aromatic N) is 2. The van der Waals surface area contributed by atoms with E-state index in [1.165, 1.54) is 23.5 Å². The van der Waals surface area contributed by atoms with E-state index in [1.807, 2.05) is 35.7 Å². The number of rotatable bonds is 3. The third kappa shape index (κ3) is 3.36. The van der Waals surface area contributed by atoms with Crippen molar-refractivity contribution in [1.82, 2.24) is 9.97 Å². The average molecular weight is 387 g/mol. The zero-order valence-electron chi connectivity index (χ0n) is 14.9. The van der Waals surface area contributed by atoms with E-state index < -0.39 is 5.56 Å². The van der Waals surface area contributed by atoms with Gasteiger partial charge in [0.1, 0.15) is 22.5 Å². The van der Waals surface area contributed by atoms with Crippen molar-refractivity contribution in [2.24, 2.45) is 0 Å². The molecule has 4 rings (SSSR count). The average Bonchev–Trinajstić information content (AvgIpc) is 3.19. The van der Waals surface area contributed by atoms with Crippen molar-refractivity contribution in [1.29, 1.82) is 5.26 Å². The van der Waals surface area contributed by atoms with Crippen molar-refractivity contribution in [3.63, 3.8) is 0 Å². The van der Waals surface area contributed by atoms with Gasteiger partial charge >= 0.3 is 0 Å². The van der Waals surface area contributed by atoms with E-state index in [4.69, 9.17) is 5.26 Å². The third-order valence-corrected chi connectivity index (χ3v) is 5.34. The minimum Gasteiger partial charge on any atom is -0.325 e. The minimum absolute atomic E-state index is 0.0683. The van der Waals surface area contributed by atoms with E-state index in [1.54, 1.807) is 25.1 Å². The Hall–Kier alpha value is -3.56. The molecule has 0 radical (unpaired) electrons. The summed E-state index contributed by atoms with van der Waals surface area (Å²) in [6.07, 6.45) is 0. The Morgan fingerprint density at radius 3 is 2.29 bits per heavy atom. The van der Waals surface area contributed by atoms with Gasteiger partial charge in [0.2, 0.25) is 0 Å². The van der Waals surface area contributed by atoms with Crippen LogP contribution in [0.1, 0.15) is 11.3 Å². The molecule has 0 unspecified atom stereocenters. The Morgan fingerprint density at radius 1 is 1.04 bits per heavy atom. The van der Waals surface area contributed by atoms with Gasteiger partial charge in [0, 0.05) is 22.2 Å². The predicted octanol–water partition coefficient (Wildman–Crippen LogP) is 5.15. The quantitative estimate of drug-likeness (QED) is 0.528. The number of halogens is 1. The van der Waals surface area contributed by atoms with E-state index in [9.17, 15) is 9.18 Å². The van der Waals surface area contributed by atoms with E-state index in [-0.39, 0.29) is 11.4 Å². The standard InChI is InChI=1S/C22H14FN3OS/c1-13-19(10-17(11-24)21(27)25-13)20-12-28-22(26-20)16-4-2-14(3-5-16)15-6-8-18(23)9-7-15/h2-10,12H,1H3,(H,25,27). The van der Waals surface area contributed by atoms with Gasteiger partial charge in [-0.05, 0) is 36.2 Å². The van der Waals surface area contributed by atoms with Crippen LogP contribution >= 0.6 is 11.3 Å². The van der Waals surface area contributed by atoms with Gasteiger partial charge in [-0.3, -0.25) is 4.79 Å². The number of hydrogen-bond donors (Lipinski definition) is 1. The van der Waals surface area contributed by atoms with Crippen molar-refractivity contribution in [2.45, 2.75) is 6.92 Å². The number of H-pyrrole nitrogens is 1. The number of thiazole rings is 1. The Balaban J connectivity index is 1.66. The second-order valence-electron chi connectivity index (χ2n) is 6.28. The van der Waals surface area contributed by atoms with Crippen LogP contribution in [0.5, 0.6) is 0 Å². The van der Waals surface area contributed by atoms with Crippen LogP contribution in [0.15, 0.2) is 64.8 Å². The van der Waals surface area contributed by atoms with Crippen molar-refractivity contribution in [3.8, 4) is 39.0 Å². The lowest BCUT2D eigenvalue weighted by Gasteiger charge is -2.04. The maximum Gasteiger partial charge on any atom is 0.266 e. The molecule has 0 spiro atoms. The van der Waals surface area contributed by atoms with Gasteiger partial charge in [-0.2, -0.15) is 5.26 Å². The smallest absolute Gasteiger partial charge is 0.266 e. The molecule has 136 valence electrons. The molecule has 2 aromatic heterocycles. The van der Waals surface area contributed by atoms with Gasteiger partial charge < -0.3 is 4.98 Å². The molecule has 0 aliphatic rings. The first kappa shape index (κ1) is 17.8. The number of pyridine rings is 1. The maximum absolute atomic E-state index is 13.1. The molecular formula is C22H14FN3OS. The van der Waals surface area contributed by atoms with Crippen molar-refractivity contribution < 1.29 is 4.39 Å². The SMILES string of the molecule is Cc1[nH]c(=O)c(C#N)cc1-c1csc(-c2ccc(-c3ccc(F)cc3)cc2)n1. The number of hydrogen-bond acceptors (Lipinski definition) is 4. The highest BCUT2D eigenvalue weighted by Gasteiger charge is 2.12. The van der Waals surface area contributed by atoms with Gasteiger partial charge in [0.05, 0.1) is 5.69 Å². The summed E-state index contributed by atoms with van der Waals surface area (Å²) >= 11 is 1.49. The van der Waals surface area contributed by atoms with Crippen LogP contribution in [-0.2, 0) is 0 Å². The highest BCUT2D eigenvalue weighted by atomic mass is 32.1. The summed E-state index contributed by atoms with van der Waals surface area (Å²) in [7, 11) is 0. The number of aromatic amines is 1. The number of aryl methyl sites for hydroxylation is 1. The molecule has 0 bridgehead atoms. The van der Waals surface area contributed by atoms with Crippen LogP contribution in [0, 0.1) is 24.1 Å². The van der Waals surface area contributed by atoms with E-state index in [0.717, 1.165) is 27.3 Å². The molecule has 0 aliphatic heterocycles. The fraction of sp³-hybridized carbons (Fsp3) is 0.0455. The second-order valence-corrected chi connectivity index (χ2v) is 7.14. The van der Waals surface area contributed by atoms with Crippen LogP contribution in [0.3, 0.4) is 0 Å². The van der Waals surface area contributed by atoms with E-state index >= 15 is 0 Å². The number of benzene rings is 2. The largest absolute Gasteiger partial charge is 0.325 e. The minimum atomic E-state index is -0.393. The second kappa shape index (κ2) is 7.22. The predicted molar refractivity (Wildman–Crippen MR) is 108 cm³/mol. The zero-order valence-corrected chi connectivity index (χ0v) is 15.7. The molecule has 6 heteroatoms. The third-order valence-electron chi connectivity index (χ3n) is 4.45. The van der Waals surface area contributed by atoms with E-state index in [2.05, 4.69) is 9.97 Å².